The molecule has 3 atom stereocenters. The molecule has 1 heterocycles. The zero-order chi connectivity index (χ0) is 17.1. The minimum Gasteiger partial charge on any atom is -0.511 e. The largest absolute Gasteiger partial charge is 0.511 e. The van der Waals surface area contributed by atoms with Crippen LogP contribution in [0.5, 0.6) is 0 Å². The van der Waals surface area contributed by atoms with Crippen molar-refractivity contribution in [2.24, 2.45) is 5.92 Å². The first-order valence-corrected chi connectivity index (χ1v) is 9.78. The van der Waals surface area contributed by atoms with Gasteiger partial charge in [0.2, 0.25) is 0 Å². The minimum absolute atomic E-state index is 0.183. The summed E-state index contributed by atoms with van der Waals surface area (Å²) >= 11 is 0. The van der Waals surface area contributed by atoms with Crippen LogP contribution in [0.3, 0.4) is 0 Å². The number of hydrogen-bond donors (Lipinski definition) is 3. The Labute approximate surface area is 147 Å². The van der Waals surface area contributed by atoms with Crippen LogP contribution in [0.25, 0.3) is 0 Å². The van der Waals surface area contributed by atoms with Gasteiger partial charge in [-0.3, -0.25) is 0 Å². The van der Waals surface area contributed by atoms with Gasteiger partial charge in [0.05, 0.1) is 6.04 Å². The summed E-state index contributed by atoms with van der Waals surface area (Å²) < 4.78 is 0. The standard InChI is InChI=1S/C21H34N2O/c1-14-11-18(22-3)12-15(2)19(14)13-17-9-10-20(24)21(23-17)16-7-5-4-6-8-16/h10-11,16-18,21-24H,4-9,12-13H2,1-3H3. The van der Waals surface area contributed by atoms with Crippen molar-refractivity contribution in [3.8, 4) is 0 Å². The number of aliphatic hydroxyl groups excluding tert-OH is 1. The zero-order valence-corrected chi connectivity index (χ0v) is 15.6. The van der Waals surface area contributed by atoms with E-state index in [1.807, 2.05) is 7.05 Å². The number of likely N-dealkylation sites (N-methyl/N-ethyl adjacent to an activating group) is 1. The van der Waals surface area contributed by atoms with E-state index < -0.39 is 0 Å². The zero-order valence-electron chi connectivity index (χ0n) is 15.6. The topological polar surface area (TPSA) is 44.3 Å². The second kappa shape index (κ2) is 7.88. The van der Waals surface area contributed by atoms with Gasteiger partial charge in [-0.2, -0.15) is 0 Å². The monoisotopic (exact) mass is 330 g/mol. The molecule has 0 radical (unpaired) electrons. The molecule has 0 aromatic heterocycles. The van der Waals surface area contributed by atoms with Crippen LogP contribution in [-0.2, 0) is 0 Å². The second-order valence-electron chi connectivity index (χ2n) is 8.02. The van der Waals surface area contributed by atoms with Crippen LogP contribution >= 0.6 is 0 Å². The third-order valence-electron chi connectivity index (χ3n) is 6.26. The van der Waals surface area contributed by atoms with Gasteiger partial charge in [-0.15, -0.1) is 0 Å². The fourth-order valence-corrected chi connectivity index (χ4v) is 4.80. The number of aliphatic hydroxyl groups is 1. The van der Waals surface area contributed by atoms with Gasteiger partial charge in [0.25, 0.3) is 0 Å². The molecule has 3 rings (SSSR count). The molecule has 0 amide bonds. The Morgan fingerprint density at radius 2 is 1.96 bits per heavy atom. The molecule has 0 saturated heterocycles. The van der Waals surface area contributed by atoms with Crippen LogP contribution in [0, 0.1) is 5.92 Å². The maximum atomic E-state index is 10.4. The van der Waals surface area contributed by atoms with Gasteiger partial charge in [-0.1, -0.05) is 36.5 Å². The van der Waals surface area contributed by atoms with Crippen molar-refractivity contribution in [1.29, 1.82) is 0 Å². The van der Waals surface area contributed by atoms with E-state index in [-0.39, 0.29) is 6.04 Å². The first-order chi connectivity index (χ1) is 11.6. The Morgan fingerprint density at radius 1 is 1.21 bits per heavy atom. The smallest absolute Gasteiger partial charge is 0.106 e. The summed E-state index contributed by atoms with van der Waals surface area (Å²) in [5.74, 6) is 1.21. The van der Waals surface area contributed by atoms with Crippen molar-refractivity contribution < 1.29 is 5.11 Å². The maximum absolute atomic E-state index is 10.4. The average Bonchev–Trinajstić information content (AvgIpc) is 2.60. The van der Waals surface area contributed by atoms with Crippen molar-refractivity contribution in [3.63, 3.8) is 0 Å². The van der Waals surface area contributed by atoms with Crippen LogP contribution in [0.1, 0.15) is 65.2 Å². The lowest BCUT2D eigenvalue weighted by Crippen LogP contribution is -2.47. The average molecular weight is 331 g/mol. The van der Waals surface area contributed by atoms with E-state index in [0.717, 1.165) is 19.3 Å². The number of hydrogen-bond acceptors (Lipinski definition) is 3. The molecule has 3 N–H and O–H groups in total. The summed E-state index contributed by atoms with van der Waals surface area (Å²) in [4.78, 5) is 0. The molecule has 1 aliphatic heterocycles. The van der Waals surface area contributed by atoms with E-state index in [2.05, 4.69) is 36.6 Å². The molecule has 3 nitrogen and oxygen atoms in total. The highest BCUT2D eigenvalue weighted by atomic mass is 16.3. The molecule has 1 saturated carbocycles. The Morgan fingerprint density at radius 3 is 2.62 bits per heavy atom. The number of nitrogens with one attached hydrogen (secondary N) is 2. The maximum Gasteiger partial charge on any atom is 0.106 e. The fraction of sp³-hybridized carbons (Fsp3) is 0.714. The summed E-state index contributed by atoms with van der Waals surface area (Å²) in [5, 5.41) is 17.5. The SMILES string of the molecule is CNC1C=C(C)C(CC2CC=C(O)C(C3CCCCC3)N2)=C(C)C1. The van der Waals surface area contributed by atoms with E-state index in [9.17, 15) is 5.11 Å². The Hall–Kier alpha value is -1.06. The lowest BCUT2D eigenvalue weighted by Gasteiger charge is -2.37. The van der Waals surface area contributed by atoms with Gasteiger partial charge >= 0.3 is 0 Å². The van der Waals surface area contributed by atoms with Gasteiger partial charge in [0.1, 0.15) is 5.76 Å². The summed E-state index contributed by atoms with van der Waals surface area (Å²) in [6.07, 6.45) is 14.1. The lowest BCUT2D eigenvalue weighted by atomic mass is 9.80. The van der Waals surface area contributed by atoms with Crippen LogP contribution in [-0.4, -0.2) is 30.3 Å². The number of rotatable bonds is 4. The molecule has 0 spiro atoms. The predicted molar refractivity (Wildman–Crippen MR) is 101 cm³/mol. The Bertz CT molecular complexity index is 540. The Balaban J connectivity index is 1.67. The molecular weight excluding hydrogens is 296 g/mol. The molecule has 0 aromatic rings. The van der Waals surface area contributed by atoms with Crippen molar-refractivity contribution >= 4 is 0 Å². The van der Waals surface area contributed by atoms with Gasteiger partial charge in [0, 0.05) is 12.1 Å². The highest BCUT2D eigenvalue weighted by molar-refractivity contribution is 5.39. The van der Waals surface area contributed by atoms with Gasteiger partial charge in [-0.25, -0.2) is 0 Å². The molecule has 3 aliphatic rings. The molecule has 24 heavy (non-hydrogen) atoms. The molecular formula is C21H34N2O. The Kier molecular flexibility index (Phi) is 5.83. The lowest BCUT2D eigenvalue weighted by molar-refractivity contribution is 0.206. The summed E-state index contributed by atoms with van der Waals surface area (Å²) in [7, 11) is 2.04. The molecule has 2 aliphatic carbocycles. The van der Waals surface area contributed by atoms with Crippen molar-refractivity contribution in [1.82, 2.24) is 10.6 Å². The van der Waals surface area contributed by atoms with Gasteiger partial charge in [0.15, 0.2) is 0 Å². The summed E-state index contributed by atoms with van der Waals surface area (Å²) in [5.41, 5.74) is 4.47. The molecule has 134 valence electrons. The van der Waals surface area contributed by atoms with E-state index >= 15 is 0 Å². The quantitative estimate of drug-likeness (QED) is 0.716. The van der Waals surface area contributed by atoms with Gasteiger partial charge < -0.3 is 15.7 Å². The third-order valence-corrected chi connectivity index (χ3v) is 6.26. The van der Waals surface area contributed by atoms with Crippen LogP contribution in [0.15, 0.2) is 34.6 Å². The number of allylic oxidation sites excluding steroid dienone is 1. The highest BCUT2D eigenvalue weighted by Crippen LogP contribution is 2.34. The van der Waals surface area contributed by atoms with Gasteiger partial charge in [-0.05, 0) is 70.6 Å². The highest BCUT2D eigenvalue weighted by Gasteiger charge is 2.32. The molecule has 3 heteroatoms. The van der Waals surface area contributed by atoms with Crippen molar-refractivity contribution in [2.75, 3.05) is 7.05 Å². The fourth-order valence-electron chi connectivity index (χ4n) is 4.80. The van der Waals surface area contributed by atoms with E-state index in [0.29, 0.717) is 23.8 Å². The molecule has 1 fully saturated rings. The van der Waals surface area contributed by atoms with E-state index in [1.54, 1.807) is 0 Å². The molecule has 0 aromatic carbocycles. The van der Waals surface area contributed by atoms with Crippen LogP contribution in [0.2, 0.25) is 0 Å². The second-order valence-corrected chi connectivity index (χ2v) is 8.02. The summed E-state index contributed by atoms with van der Waals surface area (Å²) in [6, 6.07) is 1.11. The first kappa shape index (κ1) is 17.8. The van der Waals surface area contributed by atoms with Crippen LogP contribution in [0.4, 0.5) is 0 Å². The normalized spacial score (nSPS) is 32.5. The van der Waals surface area contributed by atoms with E-state index in [4.69, 9.17) is 0 Å². The van der Waals surface area contributed by atoms with Crippen molar-refractivity contribution in [3.05, 3.63) is 34.6 Å². The predicted octanol–water partition coefficient (Wildman–Crippen LogP) is 4.38. The summed E-state index contributed by atoms with van der Waals surface area (Å²) in [6.45, 7) is 4.53. The first-order valence-electron chi connectivity index (χ1n) is 9.78. The molecule has 0 bridgehead atoms. The van der Waals surface area contributed by atoms with E-state index in [1.165, 1.54) is 48.8 Å². The third kappa shape index (κ3) is 3.94. The minimum atomic E-state index is 0.183. The van der Waals surface area contributed by atoms with Crippen LogP contribution < -0.4 is 10.6 Å². The van der Waals surface area contributed by atoms with Crippen molar-refractivity contribution in [2.45, 2.75) is 83.3 Å². The molecule has 3 unspecified atom stereocenters.